The van der Waals surface area contributed by atoms with Crippen molar-refractivity contribution in [1.29, 1.82) is 0 Å². The molecule has 0 aliphatic carbocycles. The highest BCUT2D eigenvalue weighted by Gasteiger charge is 2.21. The van der Waals surface area contributed by atoms with E-state index in [0.717, 1.165) is 69.4 Å². The maximum Gasteiger partial charge on any atom is 0.194 e. The van der Waals surface area contributed by atoms with E-state index in [1.165, 1.54) is 0 Å². The van der Waals surface area contributed by atoms with Crippen LogP contribution in [-0.4, -0.2) is 64.0 Å². The van der Waals surface area contributed by atoms with E-state index in [-0.39, 0.29) is 24.0 Å². The molecule has 6 nitrogen and oxygen atoms in total. The molecule has 1 saturated heterocycles. The highest BCUT2D eigenvalue weighted by Crippen LogP contribution is 2.24. The number of nitrogens with one attached hydrogen (secondary N) is 1. The van der Waals surface area contributed by atoms with Gasteiger partial charge in [0.2, 0.25) is 0 Å². The van der Waals surface area contributed by atoms with Gasteiger partial charge in [-0.15, -0.1) is 24.0 Å². The number of guanidine groups is 1. The summed E-state index contributed by atoms with van der Waals surface area (Å²) >= 11 is 6.04. The van der Waals surface area contributed by atoms with E-state index in [9.17, 15) is 0 Å². The van der Waals surface area contributed by atoms with Crippen LogP contribution in [-0.2, 0) is 16.0 Å². The summed E-state index contributed by atoms with van der Waals surface area (Å²) in [5.74, 6) is 1.71. The molecule has 28 heavy (non-hydrogen) atoms. The Labute approximate surface area is 191 Å². The molecular formula is C20H33ClIN3O3. The van der Waals surface area contributed by atoms with Crippen LogP contribution in [0.3, 0.4) is 0 Å². The molecule has 0 spiro atoms. The summed E-state index contributed by atoms with van der Waals surface area (Å²) in [6.45, 7) is 6.88. The third kappa shape index (κ3) is 8.31. The quantitative estimate of drug-likeness (QED) is 0.229. The second-order valence-electron chi connectivity index (χ2n) is 6.53. The van der Waals surface area contributed by atoms with Crippen molar-refractivity contribution in [2.45, 2.75) is 38.8 Å². The van der Waals surface area contributed by atoms with Gasteiger partial charge in [-0.05, 0) is 38.3 Å². The van der Waals surface area contributed by atoms with Gasteiger partial charge in [-0.2, -0.15) is 0 Å². The molecule has 0 aromatic heterocycles. The molecule has 0 amide bonds. The van der Waals surface area contributed by atoms with Crippen molar-refractivity contribution in [2.75, 3.05) is 47.1 Å². The van der Waals surface area contributed by atoms with Crippen LogP contribution in [0.2, 0.25) is 5.02 Å². The zero-order chi connectivity index (χ0) is 19.5. The first-order valence-corrected chi connectivity index (χ1v) is 10.0. The van der Waals surface area contributed by atoms with E-state index < -0.39 is 0 Å². The third-order valence-corrected chi connectivity index (χ3v) is 4.81. The lowest BCUT2D eigenvalue weighted by Crippen LogP contribution is -2.47. The lowest BCUT2D eigenvalue weighted by molar-refractivity contribution is 0.00990. The number of hydrogen-bond donors (Lipinski definition) is 1. The van der Waals surface area contributed by atoms with Crippen LogP contribution < -0.4 is 10.1 Å². The van der Waals surface area contributed by atoms with E-state index in [1.54, 1.807) is 14.2 Å². The largest absolute Gasteiger partial charge is 0.496 e. The molecule has 0 radical (unpaired) electrons. The summed E-state index contributed by atoms with van der Waals surface area (Å²) in [6.07, 6.45) is 3.31. The van der Waals surface area contributed by atoms with Gasteiger partial charge in [0, 0.05) is 50.5 Å². The van der Waals surface area contributed by atoms with E-state index in [4.69, 9.17) is 30.8 Å². The first-order valence-electron chi connectivity index (χ1n) is 9.64. The molecular weight excluding hydrogens is 493 g/mol. The molecule has 1 aliphatic rings. The number of rotatable bonds is 9. The predicted octanol–water partition coefficient (Wildman–Crippen LogP) is 3.95. The maximum absolute atomic E-state index is 6.04. The summed E-state index contributed by atoms with van der Waals surface area (Å²) < 4.78 is 16.4. The van der Waals surface area contributed by atoms with Crippen molar-refractivity contribution in [3.05, 3.63) is 28.8 Å². The van der Waals surface area contributed by atoms with Gasteiger partial charge in [-0.25, -0.2) is 4.99 Å². The van der Waals surface area contributed by atoms with Gasteiger partial charge in [-0.1, -0.05) is 17.7 Å². The topological polar surface area (TPSA) is 55.3 Å². The summed E-state index contributed by atoms with van der Waals surface area (Å²) in [5.41, 5.74) is 1.02. The minimum atomic E-state index is 0. The standard InChI is InChI=1S/C20H32ClN3O3.HI/c1-4-22-20(23-15-16-6-7-17(21)14-19(16)26-3)24-10-8-18(9-11-24)27-13-5-12-25-2;/h6-7,14,18H,4-5,8-13,15H2,1-3H3,(H,22,23);1H. The Kier molecular flexibility index (Phi) is 12.9. The van der Waals surface area contributed by atoms with Crippen LogP contribution >= 0.6 is 35.6 Å². The summed E-state index contributed by atoms with van der Waals surface area (Å²) in [5, 5.41) is 4.06. The van der Waals surface area contributed by atoms with Crippen molar-refractivity contribution in [1.82, 2.24) is 10.2 Å². The fraction of sp³-hybridized carbons (Fsp3) is 0.650. The summed E-state index contributed by atoms with van der Waals surface area (Å²) in [6, 6.07) is 5.66. The van der Waals surface area contributed by atoms with Gasteiger partial charge in [-0.3, -0.25) is 0 Å². The second kappa shape index (κ2) is 14.3. The van der Waals surface area contributed by atoms with Crippen molar-refractivity contribution in [3.63, 3.8) is 0 Å². The fourth-order valence-electron chi connectivity index (χ4n) is 3.12. The van der Waals surface area contributed by atoms with Crippen LogP contribution in [0, 0.1) is 0 Å². The number of halogens is 2. The Morgan fingerprint density at radius 2 is 2.00 bits per heavy atom. The monoisotopic (exact) mass is 525 g/mol. The lowest BCUT2D eigenvalue weighted by atomic mass is 10.1. The number of benzene rings is 1. The number of nitrogens with zero attached hydrogens (tertiary/aromatic N) is 2. The number of methoxy groups -OCH3 is 2. The maximum atomic E-state index is 6.04. The first kappa shape index (κ1) is 25.3. The van der Waals surface area contributed by atoms with Gasteiger partial charge >= 0.3 is 0 Å². The Morgan fingerprint density at radius 1 is 1.25 bits per heavy atom. The van der Waals surface area contributed by atoms with E-state index in [0.29, 0.717) is 17.7 Å². The highest BCUT2D eigenvalue weighted by molar-refractivity contribution is 14.0. The SMILES string of the molecule is CCNC(=NCc1ccc(Cl)cc1OC)N1CCC(OCCCOC)CC1.I. The Hall–Kier alpha value is -0.770. The average molecular weight is 526 g/mol. The zero-order valence-electron chi connectivity index (χ0n) is 17.1. The molecule has 2 rings (SSSR count). The molecule has 0 saturated carbocycles. The van der Waals surface area contributed by atoms with Crippen molar-refractivity contribution in [2.24, 2.45) is 4.99 Å². The van der Waals surface area contributed by atoms with E-state index in [2.05, 4.69) is 17.1 Å². The number of likely N-dealkylation sites (tertiary alicyclic amines) is 1. The van der Waals surface area contributed by atoms with Gasteiger partial charge in [0.15, 0.2) is 5.96 Å². The summed E-state index contributed by atoms with van der Waals surface area (Å²) in [4.78, 5) is 7.11. The Balaban J connectivity index is 0.00000392. The predicted molar refractivity (Wildman–Crippen MR) is 125 cm³/mol. The molecule has 1 aromatic rings. The smallest absolute Gasteiger partial charge is 0.194 e. The molecule has 0 unspecified atom stereocenters. The van der Waals surface area contributed by atoms with Gasteiger partial charge in [0.25, 0.3) is 0 Å². The average Bonchev–Trinajstić information content (AvgIpc) is 2.69. The number of piperidine rings is 1. The van der Waals surface area contributed by atoms with Crippen LogP contribution in [0.5, 0.6) is 5.75 Å². The summed E-state index contributed by atoms with van der Waals surface area (Å²) in [7, 11) is 3.38. The molecule has 0 bridgehead atoms. The Morgan fingerprint density at radius 3 is 2.64 bits per heavy atom. The van der Waals surface area contributed by atoms with E-state index in [1.807, 2.05) is 18.2 Å². The second-order valence-corrected chi connectivity index (χ2v) is 6.97. The van der Waals surface area contributed by atoms with Gasteiger partial charge in [0.05, 0.1) is 19.8 Å². The van der Waals surface area contributed by atoms with Gasteiger partial charge < -0.3 is 24.4 Å². The normalized spacial score (nSPS) is 15.3. The first-order chi connectivity index (χ1) is 13.2. The molecule has 160 valence electrons. The fourth-order valence-corrected chi connectivity index (χ4v) is 3.28. The van der Waals surface area contributed by atoms with Crippen molar-refractivity contribution < 1.29 is 14.2 Å². The minimum absolute atomic E-state index is 0. The van der Waals surface area contributed by atoms with E-state index >= 15 is 0 Å². The van der Waals surface area contributed by atoms with Crippen LogP contribution in [0.15, 0.2) is 23.2 Å². The lowest BCUT2D eigenvalue weighted by Gasteiger charge is -2.34. The third-order valence-electron chi connectivity index (χ3n) is 4.57. The number of hydrogen-bond acceptors (Lipinski definition) is 4. The van der Waals surface area contributed by atoms with Crippen LogP contribution in [0.1, 0.15) is 31.7 Å². The zero-order valence-corrected chi connectivity index (χ0v) is 20.2. The number of ether oxygens (including phenoxy) is 3. The molecule has 0 atom stereocenters. The minimum Gasteiger partial charge on any atom is -0.496 e. The molecule has 1 heterocycles. The van der Waals surface area contributed by atoms with Crippen LogP contribution in [0.4, 0.5) is 0 Å². The van der Waals surface area contributed by atoms with Gasteiger partial charge in [0.1, 0.15) is 5.75 Å². The number of aliphatic imine (C=N–C) groups is 1. The molecule has 1 N–H and O–H groups in total. The van der Waals surface area contributed by atoms with Crippen LogP contribution in [0.25, 0.3) is 0 Å². The van der Waals surface area contributed by atoms with Crippen molar-refractivity contribution >= 4 is 41.5 Å². The molecule has 1 aromatic carbocycles. The molecule has 1 aliphatic heterocycles. The Bertz CT molecular complexity index is 596. The van der Waals surface area contributed by atoms with Crippen molar-refractivity contribution in [3.8, 4) is 5.75 Å². The molecule has 8 heteroatoms. The highest BCUT2D eigenvalue weighted by atomic mass is 127. The molecule has 1 fully saturated rings.